The minimum absolute atomic E-state index is 0.0972. The predicted octanol–water partition coefficient (Wildman–Crippen LogP) is 2.10. The van der Waals surface area contributed by atoms with Crippen LogP contribution in [0.1, 0.15) is 10.5 Å². The average Bonchev–Trinajstić information content (AvgIpc) is 2.14. The summed E-state index contributed by atoms with van der Waals surface area (Å²) in [5.74, 6) is -0.0972. The first-order valence-electron chi connectivity index (χ1n) is 4.10. The standard InChI is InChI=1S/C10H11BrN2O/c1-13(2)6-4-10(14)9-7-8(11)3-5-12-9/h3-7H,1-2H3/b6-4+. The van der Waals surface area contributed by atoms with Gasteiger partial charge in [0.2, 0.25) is 5.78 Å². The molecule has 1 heterocycles. The first-order chi connectivity index (χ1) is 6.59. The van der Waals surface area contributed by atoms with E-state index in [4.69, 9.17) is 0 Å². The molecule has 0 aliphatic carbocycles. The molecule has 0 aliphatic rings. The molecule has 0 atom stereocenters. The molecule has 0 saturated carbocycles. The largest absolute Gasteiger partial charge is 0.383 e. The van der Waals surface area contributed by atoms with Crippen molar-refractivity contribution in [3.63, 3.8) is 0 Å². The molecule has 74 valence electrons. The summed E-state index contributed by atoms with van der Waals surface area (Å²) in [6.45, 7) is 0. The summed E-state index contributed by atoms with van der Waals surface area (Å²) in [7, 11) is 3.72. The molecule has 14 heavy (non-hydrogen) atoms. The highest BCUT2D eigenvalue weighted by atomic mass is 79.9. The van der Waals surface area contributed by atoms with E-state index in [2.05, 4.69) is 20.9 Å². The second-order valence-corrected chi connectivity index (χ2v) is 3.92. The normalized spacial score (nSPS) is 10.5. The van der Waals surface area contributed by atoms with Gasteiger partial charge in [-0.25, -0.2) is 0 Å². The minimum atomic E-state index is -0.0972. The van der Waals surface area contributed by atoms with Gasteiger partial charge in [0.15, 0.2) is 0 Å². The molecule has 1 aromatic rings. The van der Waals surface area contributed by atoms with Crippen molar-refractivity contribution in [3.05, 3.63) is 40.8 Å². The quantitative estimate of drug-likeness (QED) is 0.612. The Morgan fingerprint density at radius 1 is 1.57 bits per heavy atom. The van der Waals surface area contributed by atoms with Crippen LogP contribution in [0.5, 0.6) is 0 Å². The van der Waals surface area contributed by atoms with Crippen LogP contribution in [0.25, 0.3) is 0 Å². The van der Waals surface area contributed by atoms with Crippen LogP contribution in [-0.4, -0.2) is 29.8 Å². The predicted molar refractivity (Wildman–Crippen MR) is 59.1 cm³/mol. The molecule has 0 aliphatic heterocycles. The van der Waals surface area contributed by atoms with E-state index in [9.17, 15) is 4.79 Å². The van der Waals surface area contributed by atoms with E-state index >= 15 is 0 Å². The number of halogens is 1. The zero-order valence-electron chi connectivity index (χ0n) is 8.07. The molecule has 0 spiro atoms. The van der Waals surface area contributed by atoms with Crippen LogP contribution in [-0.2, 0) is 0 Å². The van der Waals surface area contributed by atoms with E-state index in [1.807, 2.05) is 14.1 Å². The molecule has 0 unspecified atom stereocenters. The van der Waals surface area contributed by atoms with Gasteiger partial charge in [0.05, 0.1) is 0 Å². The Balaban J connectivity index is 2.80. The minimum Gasteiger partial charge on any atom is -0.383 e. The third-order valence-electron chi connectivity index (χ3n) is 1.50. The van der Waals surface area contributed by atoms with Gasteiger partial charge in [0, 0.05) is 37.0 Å². The third-order valence-corrected chi connectivity index (χ3v) is 1.99. The summed E-state index contributed by atoms with van der Waals surface area (Å²) in [5.41, 5.74) is 0.442. The van der Waals surface area contributed by atoms with Crippen molar-refractivity contribution in [2.24, 2.45) is 0 Å². The molecule has 4 heteroatoms. The first kappa shape index (κ1) is 10.9. The lowest BCUT2D eigenvalue weighted by Crippen LogP contribution is -2.04. The van der Waals surface area contributed by atoms with Crippen LogP contribution in [0.3, 0.4) is 0 Å². The number of carbonyl (C=O) groups excluding carboxylic acids is 1. The monoisotopic (exact) mass is 254 g/mol. The lowest BCUT2D eigenvalue weighted by atomic mass is 10.2. The van der Waals surface area contributed by atoms with Crippen LogP contribution < -0.4 is 0 Å². The smallest absolute Gasteiger partial charge is 0.205 e. The summed E-state index contributed by atoms with van der Waals surface area (Å²) in [4.78, 5) is 17.3. The van der Waals surface area contributed by atoms with Gasteiger partial charge in [-0.3, -0.25) is 9.78 Å². The van der Waals surface area contributed by atoms with E-state index in [1.54, 1.807) is 29.4 Å². The van der Waals surface area contributed by atoms with Crippen molar-refractivity contribution < 1.29 is 4.79 Å². The lowest BCUT2D eigenvalue weighted by molar-refractivity contribution is 0.104. The zero-order valence-corrected chi connectivity index (χ0v) is 9.65. The van der Waals surface area contributed by atoms with Gasteiger partial charge >= 0.3 is 0 Å². The fourth-order valence-corrected chi connectivity index (χ4v) is 1.18. The summed E-state index contributed by atoms with van der Waals surface area (Å²) in [6, 6.07) is 3.48. The van der Waals surface area contributed by atoms with Crippen molar-refractivity contribution in [2.45, 2.75) is 0 Å². The molecule has 0 bridgehead atoms. The first-order valence-corrected chi connectivity index (χ1v) is 4.89. The summed E-state index contributed by atoms with van der Waals surface area (Å²) < 4.78 is 0.856. The maximum atomic E-state index is 11.5. The number of pyridine rings is 1. The SMILES string of the molecule is CN(C)/C=C/C(=O)c1cc(Br)ccn1. The summed E-state index contributed by atoms with van der Waals surface area (Å²) in [6.07, 6.45) is 4.79. The number of aromatic nitrogens is 1. The van der Waals surface area contributed by atoms with Crippen molar-refractivity contribution in [2.75, 3.05) is 14.1 Å². The maximum absolute atomic E-state index is 11.5. The number of hydrogen-bond acceptors (Lipinski definition) is 3. The molecule has 1 aromatic heterocycles. The van der Waals surface area contributed by atoms with Crippen LogP contribution >= 0.6 is 15.9 Å². The molecular formula is C10H11BrN2O. The highest BCUT2D eigenvalue weighted by Crippen LogP contribution is 2.09. The van der Waals surface area contributed by atoms with E-state index in [0.717, 1.165) is 4.47 Å². The molecule has 0 radical (unpaired) electrons. The van der Waals surface area contributed by atoms with Crippen LogP contribution in [0.15, 0.2) is 35.1 Å². The summed E-state index contributed by atoms with van der Waals surface area (Å²) in [5, 5.41) is 0. The zero-order chi connectivity index (χ0) is 10.6. The average molecular weight is 255 g/mol. The number of hydrogen-bond donors (Lipinski definition) is 0. The number of nitrogens with zero attached hydrogens (tertiary/aromatic N) is 2. The Bertz CT molecular complexity index is 361. The van der Waals surface area contributed by atoms with Gasteiger partial charge in [-0.05, 0) is 12.1 Å². The number of carbonyl (C=O) groups is 1. The maximum Gasteiger partial charge on any atom is 0.205 e. The molecule has 0 saturated heterocycles. The second kappa shape index (κ2) is 4.91. The molecule has 0 N–H and O–H groups in total. The van der Waals surface area contributed by atoms with Gasteiger partial charge in [-0.1, -0.05) is 15.9 Å². The topological polar surface area (TPSA) is 33.2 Å². The van der Waals surface area contributed by atoms with Crippen LogP contribution in [0.2, 0.25) is 0 Å². The fourth-order valence-electron chi connectivity index (χ4n) is 0.842. The van der Waals surface area contributed by atoms with E-state index in [0.29, 0.717) is 5.69 Å². The second-order valence-electron chi connectivity index (χ2n) is 3.00. The lowest BCUT2D eigenvalue weighted by Gasteiger charge is -2.02. The molecule has 3 nitrogen and oxygen atoms in total. The Morgan fingerprint density at radius 2 is 2.29 bits per heavy atom. The third kappa shape index (κ3) is 3.30. The molecule has 0 amide bonds. The molecule has 1 rings (SSSR count). The van der Waals surface area contributed by atoms with Crippen LogP contribution in [0, 0.1) is 0 Å². The van der Waals surface area contributed by atoms with Gasteiger partial charge in [-0.2, -0.15) is 0 Å². The highest BCUT2D eigenvalue weighted by molar-refractivity contribution is 9.10. The van der Waals surface area contributed by atoms with Gasteiger partial charge in [0.25, 0.3) is 0 Å². The van der Waals surface area contributed by atoms with Gasteiger partial charge in [0.1, 0.15) is 5.69 Å². The number of ketones is 1. The Kier molecular flexibility index (Phi) is 3.83. The molecule has 0 fully saturated rings. The van der Waals surface area contributed by atoms with E-state index in [-0.39, 0.29) is 5.78 Å². The number of allylic oxidation sites excluding steroid dienone is 1. The Morgan fingerprint density at radius 3 is 2.86 bits per heavy atom. The van der Waals surface area contributed by atoms with Gasteiger partial charge < -0.3 is 4.90 Å². The Labute approximate surface area is 91.6 Å². The van der Waals surface area contributed by atoms with E-state index in [1.165, 1.54) is 6.08 Å². The Hall–Kier alpha value is -1.16. The molecular weight excluding hydrogens is 244 g/mol. The van der Waals surface area contributed by atoms with Crippen molar-refractivity contribution in [1.29, 1.82) is 0 Å². The number of rotatable bonds is 3. The highest BCUT2D eigenvalue weighted by Gasteiger charge is 2.02. The van der Waals surface area contributed by atoms with Crippen molar-refractivity contribution in [3.8, 4) is 0 Å². The fraction of sp³-hybridized carbons (Fsp3) is 0.200. The van der Waals surface area contributed by atoms with Crippen molar-refractivity contribution >= 4 is 21.7 Å². The van der Waals surface area contributed by atoms with Crippen LogP contribution in [0.4, 0.5) is 0 Å². The van der Waals surface area contributed by atoms with E-state index < -0.39 is 0 Å². The summed E-state index contributed by atoms with van der Waals surface area (Å²) >= 11 is 3.28. The van der Waals surface area contributed by atoms with Gasteiger partial charge in [-0.15, -0.1) is 0 Å². The van der Waals surface area contributed by atoms with Crippen molar-refractivity contribution in [1.82, 2.24) is 9.88 Å². The molecule has 0 aromatic carbocycles.